The Balaban J connectivity index is 1.79. The fourth-order valence-corrected chi connectivity index (χ4v) is 5.99. The molecular weight excluding hydrogens is 336 g/mol. The SMILES string of the molecule is CC1=C[C@H]2O[C@@H]3[C@H](O)C[C@@]4(OC[C@]24[C@H](O)C1=O)[C@]3(O)CSCCO. The summed E-state index contributed by atoms with van der Waals surface area (Å²) in [5.41, 5.74) is -3.40. The number of thioether (sulfide) groups is 1. The van der Waals surface area contributed by atoms with E-state index in [-0.39, 0.29) is 31.2 Å². The number of ketones is 1. The van der Waals surface area contributed by atoms with E-state index in [2.05, 4.69) is 0 Å². The summed E-state index contributed by atoms with van der Waals surface area (Å²) < 4.78 is 11.8. The van der Waals surface area contributed by atoms with Crippen LogP contribution in [0.15, 0.2) is 11.6 Å². The number of fused-ring (bicyclic) bond motifs is 1. The molecular formula is C16H22O7S. The lowest BCUT2D eigenvalue weighted by Crippen LogP contribution is -2.85. The number of hydrogen-bond acceptors (Lipinski definition) is 8. The first-order chi connectivity index (χ1) is 11.3. The van der Waals surface area contributed by atoms with Crippen LogP contribution < -0.4 is 0 Å². The molecule has 0 aromatic carbocycles. The van der Waals surface area contributed by atoms with Gasteiger partial charge in [-0.2, -0.15) is 11.8 Å². The summed E-state index contributed by atoms with van der Waals surface area (Å²) in [6.07, 6.45) is -1.92. The third-order valence-electron chi connectivity index (χ3n) is 6.21. The van der Waals surface area contributed by atoms with Crippen molar-refractivity contribution < 1.29 is 34.7 Å². The molecule has 0 radical (unpaired) electrons. The first-order valence-corrected chi connectivity index (χ1v) is 9.29. The van der Waals surface area contributed by atoms with Crippen LogP contribution in [-0.4, -0.2) is 86.5 Å². The number of carbonyl (C=O) groups is 1. The number of hydrogen-bond donors (Lipinski definition) is 4. The Labute approximate surface area is 143 Å². The van der Waals surface area contributed by atoms with Crippen molar-refractivity contribution in [3.8, 4) is 0 Å². The fraction of sp³-hybridized carbons (Fsp3) is 0.812. The van der Waals surface area contributed by atoms with Crippen LogP contribution in [-0.2, 0) is 14.3 Å². The monoisotopic (exact) mass is 358 g/mol. The standard InChI is InChI=1S/C16H22O7S/c1-8-4-10-14(12(20)11(8)19)6-22-16(14)5-9(18)13(23-10)15(16,21)7-24-3-2-17/h4,9-10,12-13,17-18,20-21H,2-3,5-7H2,1H3/t9-,10-,12-,13-,14-,15+,16+/m1/s1. The van der Waals surface area contributed by atoms with Crippen molar-refractivity contribution in [3.63, 3.8) is 0 Å². The molecule has 2 heterocycles. The molecule has 0 unspecified atom stereocenters. The van der Waals surface area contributed by atoms with Gasteiger partial charge < -0.3 is 29.9 Å². The molecule has 0 aromatic heterocycles. The first kappa shape index (κ1) is 17.0. The summed E-state index contributed by atoms with van der Waals surface area (Å²) >= 11 is 1.33. The second kappa shape index (κ2) is 5.26. The van der Waals surface area contributed by atoms with Crippen LogP contribution in [0, 0.1) is 5.41 Å². The van der Waals surface area contributed by atoms with Gasteiger partial charge >= 0.3 is 0 Å². The van der Waals surface area contributed by atoms with Crippen LogP contribution in [0.5, 0.6) is 0 Å². The van der Waals surface area contributed by atoms with Gasteiger partial charge in [0.25, 0.3) is 0 Å². The zero-order valence-electron chi connectivity index (χ0n) is 13.3. The van der Waals surface area contributed by atoms with Gasteiger partial charge in [0.2, 0.25) is 0 Å². The molecule has 4 N–H and O–H groups in total. The number of ether oxygens (including phenoxy) is 2. The van der Waals surface area contributed by atoms with E-state index in [4.69, 9.17) is 14.6 Å². The van der Waals surface area contributed by atoms with Crippen molar-refractivity contribution in [2.45, 2.75) is 49.0 Å². The largest absolute Gasteiger partial charge is 0.396 e. The van der Waals surface area contributed by atoms with Gasteiger partial charge in [-0.15, -0.1) is 0 Å². The Morgan fingerprint density at radius 3 is 2.79 bits per heavy atom. The van der Waals surface area contributed by atoms with E-state index in [9.17, 15) is 20.1 Å². The molecule has 7 nitrogen and oxygen atoms in total. The minimum absolute atomic E-state index is 0.0283. The second-order valence-electron chi connectivity index (χ2n) is 7.22. The van der Waals surface area contributed by atoms with Gasteiger partial charge in [0.1, 0.15) is 23.4 Å². The molecule has 0 aromatic rings. The molecule has 1 saturated carbocycles. The van der Waals surface area contributed by atoms with Gasteiger partial charge in [0.05, 0.1) is 30.8 Å². The molecule has 3 fully saturated rings. The van der Waals surface area contributed by atoms with Crippen molar-refractivity contribution in [3.05, 3.63) is 11.6 Å². The number of Topliss-reactive ketones (excluding diaryl/α,β-unsaturated/α-hetero) is 1. The molecule has 134 valence electrons. The Morgan fingerprint density at radius 2 is 2.17 bits per heavy atom. The molecule has 2 aliphatic heterocycles. The Bertz CT molecular complexity index is 609. The lowest BCUT2D eigenvalue weighted by molar-refractivity contribution is -0.403. The lowest BCUT2D eigenvalue weighted by atomic mass is 9.52. The van der Waals surface area contributed by atoms with Crippen molar-refractivity contribution in [1.82, 2.24) is 0 Å². The third kappa shape index (κ3) is 1.68. The van der Waals surface area contributed by atoms with E-state index in [1.54, 1.807) is 13.0 Å². The highest BCUT2D eigenvalue weighted by Gasteiger charge is 2.85. The van der Waals surface area contributed by atoms with Crippen LogP contribution in [0.2, 0.25) is 0 Å². The molecule has 24 heavy (non-hydrogen) atoms. The average Bonchev–Trinajstić information content (AvgIpc) is 2.71. The summed E-state index contributed by atoms with van der Waals surface area (Å²) in [5, 5.41) is 41.6. The Hall–Kier alpha value is -0.480. The van der Waals surface area contributed by atoms with Crippen LogP contribution >= 0.6 is 11.8 Å². The van der Waals surface area contributed by atoms with Crippen LogP contribution in [0.25, 0.3) is 0 Å². The van der Waals surface area contributed by atoms with Crippen molar-refractivity contribution in [1.29, 1.82) is 0 Å². The quantitative estimate of drug-likeness (QED) is 0.455. The van der Waals surface area contributed by atoms with Gasteiger partial charge in [-0.05, 0) is 18.6 Å². The van der Waals surface area contributed by atoms with Crippen LogP contribution in [0.1, 0.15) is 13.3 Å². The summed E-state index contributed by atoms with van der Waals surface area (Å²) in [6.45, 7) is 1.70. The van der Waals surface area contributed by atoms with E-state index in [1.165, 1.54) is 11.8 Å². The van der Waals surface area contributed by atoms with Crippen molar-refractivity contribution in [2.75, 3.05) is 24.7 Å². The predicted octanol–water partition coefficient (Wildman–Crippen LogP) is -1.38. The maximum Gasteiger partial charge on any atom is 0.187 e. The van der Waals surface area contributed by atoms with Crippen molar-refractivity contribution in [2.24, 2.45) is 5.41 Å². The Morgan fingerprint density at radius 1 is 1.42 bits per heavy atom. The van der Waals surface area contributed by atoms with Crippen LogP contribution in [0.3, 0.4) is 0 Å². The van der Waals surface area contributed by atoms with Crippen LogP contribution in [0.4, 0.5) is 0 Å². The topological polar surface area (TPSA) is 116 Å². The highest BCUT2D eigenvalue weighted by atomic mass is 32.2. The van der Waals surface area contributed by atoms with E-state index < -0.39 is 41.0 Å². The number of rotatable bonds is 4. The summed E-state index contributed by atoms with van der Waals surface area (Å²) in [4.78, 5) is 12.4. The smallest absolute Gasteiger partial charge is 0.187 e. The molecule has 2 spiro atoms. The number of aliphatic hydroxyl groups excluding tert-OH is 3. The van der Waals surface area contributed by atoms with E-state index >= 15 is 0 Å². The normalized spacial score (nSPS) is 52.4. The Kier molecular flexibility index (Phi) is 3.72. The van der Waals surface area contributed by atoms with E-state index in [1.807, 2.05) is 0 Å². The van der Waals surface area contributed by atoms with Gasteiger partial charge in [-0.1, -0.05) is 0 Å². The second-order valence-corrected chi connectivity index (χ2v) is 8.33. The molecule has 2 saturated heterocycles. The highest BCUT2D eigenvalue weighted by Crippen LogP contribution is 2.68. The van der Waals surface area contributed by atoms with Gasteiger partial charge in [-0.3, -0.25) is 4.79 Å². The third-order valence-corrected chi connectivity index (χ3v) is 7.33. The maximum atomic E-state index is 12.4. The lowest BCUT2D eigenvalue weighted by Gasteiger charge is -2.69. The van der Waals surface area contributed by atoms with Gasteiger partial charge in [-0.25, -0.2) is 0 Å². The van der Waals surface area contributed by atoms with Gasteiger partial charge in [0, 0.05) is 17.9 Å². The molecule has 8 heteroatoms. The summed E-state index contributed by atoms with van der Waals surface area (Å²) in [6, 6.07) is 0. The van der Waals surface area contributed by atoms with E-state index in [0.717, 1.165) is 0 Å². The zero-order chi connectivity index (χ0) is 17.3. The molecule has 4 rings (SSSR count). The fourth-order valence-electron chi connectivity index (χ4n) is 5.00. The minimum atomic E-state index is -1.53. The summed E-state index contributed by atoms with van der Waals surface area (Å²) in [7, 11) is 0. The average molecular weight is 358 g/mol. The van der Waals surface area contributed by atoms with Gasteiger partial charge in [0.15, 0.2) is 5.78 Å². The van der Waals surface area contributed by atoms with Crippen molar-refractivity contribution >= 4 is 17.5 Å². The highest BCUT2D eigenvalue weighted by molar-refractivity contribution is 7.99. The molecule has 0 amide bonds. The zero-order valence-corrected chi connectivity index (χ0v) is 14.2. The molecule has 2 aliphatic carbocycles. The minimum Gasteiger partial charge on any atom is -0.396 e. The molecule has 7 atom stereocenters. The first-order valence-electron chi connectivity index (χ1n) is 8.13. The van der Waals surface area contributed by atoms with E-state index in [0.29, 0.717) is 11.3 Å². The molecule has 4 aliphatic rings. The summed E-state index contributed by atoms with van der Waals surface area (Å²) in [5.74, 6) is 0.230. The predicted molar refractivity (Wildman–Crippen MR) is 84.5 cm³/mol. The number of aliphatic hydroxyl groups is 4. The molecule has 2 bridgehead atoms. The number of carbonyl (C=O) groups excluding carboxylic acids is 1. The maximum absolute atomic E-state index is 12.4.